The Kier molecular flexibility index (Phi) is 6.95. The van der Waals surface area contributed by atoms with Gasteiger partial charge in [-0.05, 0) is 44.3 Å². The summed E-state index contributed by atoms with van der Waals surface area (Å²) in [6, 6.07) is 13.6. The molecule has 0 fully saturated rings. The second kappa shape index (κ2) is 9.18. The lowest BCUT2D eigenvalue weighted by atomic mass is 10.1. The summed E-state index contributed by atoms with van der Waals surface area (Å²) in [5.74, 6) is 0.554. The van der Waals surface area contributed by atoms with Crippen LogP contribution in [0.1, 0.15) is 22.3 Å². The third-order valence-corrected chi connectivity index (χ3v) is 3.86. The Balaban J connectivity index is 1.91. The maximum absolute atomic E-state index is 13.8. The van der Waals surface area contributed by atoms with Crippen molar-refractivity contribution >= 4 is 5.96 Å². The Morgan fingerprint density at radius 3 is 2.20 bits per heavy atom. The van der Waals surface area contributed by atoms with E-state index in [1.807, 2.05) is 25.1 Å². The molecule has 2 N–H and O–H groups in total. The van der Waals surface area contributed by atoms with Gasteiger partial charge >= 0.3 is 0 Å². The number of benzene rings is 2. The van der Waals surface area contributed by atoms with Crippen molar-refractivity contribution in [2.75, 3.05) is 21.1 Å². The lowest BCUT2D eigenvalue weighted by molar-refractivity contribution is 0.392. The highest BCUT2D eigenvalue weighted by Gasteiger charge is 2.06. The molecule has 0 aliphatic heterocycles. The lowest BCUT2D eigenvalue weighted by Gasteiger charge is -2.14. The predicted octanol–water partition coefficient (Wildman–Crippen LogP) is 3.06. The average molecular weight is 342 g/mol. The number of hydrogen-bond donors (Lipinski definition) is 2. The highest BCUT2D eigenvalue weighted by atomic mass is 19.1. The minimum absolute atomic E-state index is 0.167. The number of aryl methyl sites for hydroxylation is 1. The quantitative estimate of drug-likeness (QED) is 0.626. The van der Waals surface area contributed by atoms with Gasteiger partial charge in [0.25, 0.3) is 0 Å². The monoisotopic (exact) mass is 342 g/mol. The average Bonchev–Trinajstić information content (AvgIpc) is 2.59. The summed E-state index contributed by atoms with van der Waals surface area (Å²) < 4.78 is 13.8. The minimum Gasteiger partial charge on any atom is -0.352 e. The molecular formula is C20H27FN4. The third kappa shape index (κ3) is 6.19. The molecule has 0 spiro atoms. The van der Waals surface area contributed by atoms with Crippen molar-refractivity contribution < 1.29 is 4.39 Å². The van der Waals surface area contributed by atoms with Crippen molar-refractivity contribution in [2.24, 2.45) is 4.99 Å². The molecule has 0 atom stereocenters. The Labute approximate surface area is 149 Å². The summed E-state index contributed by atoms with van der Waals surface area (Å²) in [4.78, 5) is 6.19. The first-order valence-electron chi connectivity index (χ1n) is 8.40. The summed E-state index contributed by atoms with van der Waals surface area (Å²) >= 11 is 0. The van der Waals surface area contributed by atoms with Crippen LogP contribution in [0.4, 0.5) is 4.39 Å². The number of nitrogens with one attached hydrogen (secondary N) is 2. The van der Waals surface area contributed by atoms with Crippen LogP contribution in [0.15, 0.2) is 47.5 Å². The topological polar surface area (TPSA) is 39.7 Å². The van der Waals surface area contributed by atoms with E-state index < -0.39 is 0 Å². The number of rotatable bonds is 6. The summed E-state index contributed by atoms with van der Waals surface area (Å²) in [5.41, 5.74) is 4.17. The van der Waals surface area contributed by atoms with Crippen LogP contribution in [-0.2, 0) is 19.6 Å². The van der Waals surface area contributed by atoms with Crippen molar-refractivity contribution in [1.29, 1.82) is 0 Å². The molecule has 0 amide bonds. The highest BCUT2D eigenvalue weighted by Crippen LogP contribution is 2.12. The number of guanidine groups is 1. The van der Waals surface area contributed by atoms with E-state index in [0.717, 1.165) is 11.5 Å². The zero-order valence-corrected chi connectivity index (χ0v) is 15.4. The summed E-state index contributed by atoms with van der Waals surface area (Å²) in [7, 11) is 5.61. The first-order valence-corrected chi connectivity index (χ1v) is 8.40. The molecule has 4 nitrogen and oxygen atoms in total. The van der Waals surface area contributed by atoms with Crippen LogP contribution in [0, 0.1) is 12.7 Å². The molecule has 25 heavy (non-hydrogen) atoms. The molecule has 0 aliphatic rings. The maximum Gasteiger partial charge on any atom is 0.191 e. The van der Waals surface area contributed by atoms with E-state index in [-0.39, 0.29) is 5.82 Å². The molecule has 0 radical (unpaired) electrons. The summed E-state index contributed by atoms with van der Waals surface area (Å²) in [6.45, 7) is 3.95. The van der Waals surface area contributed by atoms with E-state index in [1.54, 1.807) is 13.1 Å². The van der Waals surface area contributed by atoms with E-state index in [0.29, 0.717) is 25.2 Å². The maximum atomic E-state index is 13.8. The Hall–Kier alpha value is -2.40. The molecule has 0 aliphatic carbocycles. The van der Waals surface area contributed by atoms with Gasteiger partial charge in [0.15, 0.2) is 5.96 Å². The van der Waals surface area contributed by atoms with Crippen LogP contribution in [0.5, 0.6) is 0 Å². The second-order valence-electron chi connectivity index (χ2n) is 6.43. The van der Waals surface area contributed by atoms with Gasteiger partial charge in [-0.1, -0.05) is 35.9 Å². The standard InChI is InChI=1S/C20H27FN4/c1-15-5-7-16(8-6-15)12-23-20(22-2)24-13-17-9-10-19(21)18(11-17)14-25(3)4/h5-11H,12-14H2,1-4H3,(H2,22,23,24). The number of nitrogens with zero attached hydrogens (tertiary/aromatic N) is 2. The molecule has 0 aromatic heterocycles. The van der Waals surface area contributed by atoms with Gasteiger partial charge in [-0.2, -0.15) is 0 Å². The van der Waals surface area contributed by atoms with Gasteiger partial charge in [-0.25, -0.2) is 4.39 Å². The molecule has 2 aromatic carbocycles. The molecule has 2 aromatic rings. The van der Waals surface area contributed by atoms with E-state index in [2.05, 4.69) is 46.8 Å². The van der Waals surface area contributed by atoms with E-state index in [4.69, 9.17) is 0 Å². The number of hydrogen-bond acceptors (Lipinski definition) is 2. The van der Waals surface area contributed by atoms with Crippen LogP contribution in [0.25, 0.3) is 0 Å². The summed E-state index contributed by atoms with van der Waals surface area (Å²) in [6.07, 6.45) is 0. The SMILES string of the molecule is CN=C(NCc1ccc(C)cc1)NCc1ccc(F)c(CN(C)C)c1. The van der Waals surface area contributed by atoms with Crippen LogP contribution in [-0.4, -0.2) is 32.0 Å². The van der Waals surface area contributed by atoms with E-state index in [9.17, 15) is 4.39 Å². The fourth-order valence-electron chi connectivity index (χ4n) is 2.50. The van der Waals surface area contributed by atoms with Crippen LogP contribution in [0.3, 0.4) is 0 Å². The molecule has 0 unspecified atom stereocenters. The molecule has 0 saturated carbocycles. The van der Waals surface area contributed by atoms with Crippen LogP contribution < -0.4 is 10.6 Å². The van der Waals surface area contributed by atoms with Gasteiger partial charge < -0.3 is 15.5 Å². The highest BCUT2D eigenvalue weighted by molar-refractivity contribution is 5.79. The predicted molar refractivity (Wildman–Crippen MR) is 102 cm³/mol. The summed E-state index contributed by atoms with van der Waals surface area (Å²) in [5, 5.41) is 6.56. The van der Waals surface area contributed by atoms with Crippen molar-refractivity contribution in [3.8, 4) is 0 Å². The Morgan fingerprint density at radius 2 is 1.60 bits per heavy atom. The molecule has 0 heterocycles. The Bertz CT molecular complexity index is 708. The minimum atomic E-state index is -0.167. The van der Waals surface area contributed by atoms with E-state index in [1.165, 1.54) is 17.2 Å². The van der Waals surface area contributed by atoms with Crippen molar-refractivity contribution in [2.45, 2.75) is 26.6 Å². The normalized spacial score (nSPS) is 11.7. The van der Waals surface area contributed by atoms with Gasteiger partial charge in [0, 0.05) is 32.2 Å². The first-order chi connectivity index (χ1) is 12.0. The lowest BCUT2D eigenvalue weighted by Crippen LogP contribution is -2.36. The van der Waals surface area contributed by atoms with Gasteiger partial charge in [0.1, 0.15) is 5.82 Å². The van der Waals surface area contributed by atoms with Crippen molar-refractivity contribution in [3.63, 3.8) is 0 Å². The van der Waals surface area contributed by atoms with Gasteiger partial charge in [-0.3, -0.25) is 4.99 Å². The fourth-order valence-corrected chi connectivity index (χ4v) is 2.50. The van der Waals surface area contributed by atoms with Gasteiger partial charge in [0.05, 0.1) is 0 Å². The second-order valence-corrected chi connectivity index (χ2v) is 6.43. The van der Waals surface area contributed by atoms with Gasteiger partial charge in [0.2, 0.25) is 0 Å². The zero-order valence-electron chi connectivity index (χ0n) is 15.4. The molecule has 5 heteroatoms. The first kappa shape index (κ1) is 18.9. The fraction of sp³-hybridized carbons (Fsp3) is 0.350. The molecular weight excluding hydrogens is 315 g/mol. The third-order valence-electron chi connectivity index (χ3n) is 3.86. The zero-order chi connectivity index (χ0) is 18.2. The Morgan fingerprint density at radius 1 is 1.00 bits per heavy atom. The molecule has 0 saturated heterocycles. The van der Waals surface area contributed by atoms with Crippen molar-refractivity contribution in [1.82, 2.24) is 15.5 Å². The van der Waals surface area contributed by atoms with Crippen LogP contribution >= 0.6 is 0 Å². The number of halogens is 1. The largest absolute Gasteiger partial charge is 0.352 e. The number of aliphatic imine (C=N–C) groups is 1. The van der Waals surface area contributed by atoms with Crippen molar-refractivity contribution in [3.05, 3.63) is 70.5 Å². The van der Waals surface area contributed by atoms with E-state index >= 15 is 0 Å². The van der Waals surface area contributed by atoms with Crippen LogP contribution in [0.2, 0.25) is 0 Å². The smallest absolute Gasteiger partial charge is 0.191 e. The van der Waals surface area contributed by atoms with Gasteiger partial charge in [-0.15, -0.1) is 0 Å². The molecule has 134 valence electrons. The molecule has 0 bridgehead atoms. The molecule has 2 rings (SSSR count).